The van der Waals surface area contributed by atoms with E-state index >= 15 is 0 Å². The normalized spacial score (nSPS) is 27.9. The molecule has 0 saturated carbocycles. The van der Waals surface area contributed by atoms with Crippen molar-refractivity contribution in [2.45, 2.75) is 43.8 Å². The van der Waals surface area contributed by atoms with Gasteiger partial charge in [-0.1, -0.05) is 11.6 Å². The van der Waals surface area contributed by atoms with Crippen LogP contribution in [0.3, 0.4) is 0 Å². The maximum Gasteiger partial charge on any atom is 0.272 e. The van der Waals surface area contributed by atoms with Gasteiger partial charge in [0, 0.05) is 25.7 Å². The van der Waals surface area contributed by atoms with Crippen LogP contribution in [0.25, 0.3) is 0 Å². The Labute approximate surface area is 135 Å². The summed E-state index contributed by atoms with van der Waals surface area (Å²) >= 11 is 5.80. The second-order valence-electron chi connectivity index (χ2n) is 6.61. The number of piperidine rings is 1. The fourth-order valence-corrected chi connectivity index (χ4v) is 3.54. The maximum absolute atomic E-state index is 12.4. The fraction of sp³-hybridized carbons (Fsp3) is 0.625. The molecule has 6 heteroatoms. The van der Waals surface area contributed by atoms with Crippen molar-refractivity contribution >= 4 is 17.5 Å². The summed E-state index contributed by atoms with van der Waals surface area (Å²) in [7, 11) is 0. The Balaban J connectivity index is 1.64. The molecule has 1 unspecified atom stereocenters. The summed E-state index contributed by atoms with van der Waals surface area (Å²) in [5.41, 5.74) is -0.536. The number of hydrogen-bond acceptors (Lipinski definition) is 4. The number of halogens is 1. The van der Waals surface area contributed by atoms with E-state index in [1.807, 2.05) is 6.92 Å². The predicted octanol–water partition coefficient (Wildman–Crippen LogP) is 2.27. The average molecular weight is 325 g/mol. The van der Waals surface area contributed by atoms with Crippen molar-refractivity contribution in [1.82, 2.24) is 9.88 Å². The molecule has 0 aromatic carbocycles. The number of nitrogens with zero attached hydrogens (tertiary/aromatic N) is 2. The van der Waals surface area contributed by atoms with Crippen LogP contribution in [-0.4, -0.2) is 51.8 Å². The maximum atomic E-state index is 12.4. The lowest BCUT2D eigenvalue weighted by atomic mass is 9.78. The Bertz CT molecular complexity index is 551. The van der Waals surface area contributed by atoms with E-state index in [-0.39, 0.29) is 11.5 Å². The van der Waals surface area contributed by atoms with Gasteiger partial charge in [0.25, 0.3) is 5.91 Å². The van der Waals surface area contributed by atoms with E-state index in [1.54, 1.807) is 17.0 Å². The highest BCUT2D eigenvalue weighted by atomic mass is 35.5. The number of pyridine rings is 1. The van der Waals surface area contributed by atoms with Crippen LogP contribution in [-0.2, 0) is 4.74 Å². The topological polar surface area (TPSA) is 62.7 Å². The monoisotopic (exact) mass is 324 g/mol. The van der Waals surface area contributed by atoms with Crippen LogP contribution in [0.1, 0.15) is 43.1 Å². The second-order valence-corrected chi connectivity index (χ2v) is 7.05. The first-order chi connectivity index (χ1) is 10.4. The Morgan fingerprint density at radius 1 is 1.36 bits per heavy atom. The molecule has 3 rings (SSSR count). The Hall–Kier alpha value is -1.17. The van der Waals surface area contributed by atoms with E-state index in [4.69, 9.17) is 16.3 Å². The third-order valence-electron chi connectivity index (χ3n) is 4.66. The summed E-state index contributed by atoms with van der Waals surface area (Å²) in [5.74, 6) is -0.0749. The van der Waals surface area contributed by atoms with Crippen LogP contribution in [0, 0.1) is 0 Å². The average Bonchev–Trinajstić information content (AvgIpc) is 2.47. The minimum atomic E-state index is -0.665. The van der Waals surface area contributed by atoms with Crippen molar-refractivity contribution in [1.29, 1.82) is 0 Å². The molecule has 5 nitrogen and oxygen atoms in total. The Kier molecular flexibility index (Phi) is 4.14. The molecule has 1 N–H and O–H groups in total. The van der Waals surface area contributed by atoms with Gasteiger partial charge >= 0.3 is 0 Å². The predicted molar refractivity (Wildman–Crippen MR) is 82.9 cm³/mol. The van der Waals surface area contributed by atoms with E-state index in [0.717, 1.165) is 12.8 Å². The number of ether oxygens (including phenoxy) is 1. The summed E-state index contributed by atoms with van der Waals surface area (Å²) in [4.78, 5) is 18.3. The van der Waals surface area contributed by atoms with Crippen molar-refractivity contribution in [3.05, 3.63) is 29.0 Å². The second kappa shape index (κ2) is 5.80. The number of aliphatic hydroxyl groups is 1. The zero-order valence-electron chi connectivity index (χ0n) is 12.7. The summed E-state index contributed by atoms with van der Waals surface area (Å²) < 4.78 is 5.96. The van der Waals surface area contributed by atoms with Gasteiger partial charge < -0.3 is 14.7 Å². The van der Waals surface area contributed by atoms with Crippen molar-refractivity contribution in [2.24, 2.45) is 0 Å². The van der Waals surface area contributed by atoms with E-state index < -0.39 is 5.60 Å². The van der Waals surface area contributed by atoms with Crippen molar-refractivity contribution in [3.63, 3.8) is 0 Å². The number of carbonyl (C=O) groups excluding carboxylic acids is 1. The van der Waals surface area contributed by atoms with Gasteiger partial charge in [-0.05, 0) is 38.3 Å². The third-order valence-corrected chi connectivity index (χ3v) is 4.88. The van der Waals surface area contributed by atoms with Gasteiger partial charge in [0.05, 0.1) is 22.8 Å². The molecule has 0 bridgehead atoms. The number of amides is 1. The van der Waals surface area contributed by atoms with Crippen LogP contribution in [0.15, 0.2) is 18.3 Å². The SMILES string of the molecule is CC1(O)CCOC2(CCN(C(=O)c3ccc(Cl)cn3)CC2)C1. The minimum absolute atomic E-state index is 0.0749. The highest BCUT2D eigenvalue weighted by molar-refractivity contribution is 6.30. The Morgan fingerprint density at radius 2 is 2.09 bits per heavy atom. The zero-order valence-corrected chi connectivity index (χ0v) is 13.5. The molecule has 1 amide bonds. The molecule has 1 aromatic heterocycles. The molecule has 2 saturated heterocycles. The standard InChI is InChI=1S/C16H21ClN2O3/c1-15(21)6-9-22-16(11-15)4-7-19(8-5-16)14(20)13-3-2-12(17)10-18-13/h2-3,10,21H,4-9,11H2,1H3. The van der Waals surface area contributed by atoms with Crippen LogP contribution in [0.5, 0.6) is 0 Å². The van der Waals surface area contributed by atoms with Crippen molar-refractivity contribution in [3.8, 4) is 0 Å². The fourth-order valence-electron chi connectivity index (χ4n) is 3.42. The zero-order chi connectivity index (χ0) is 15.8. The number of carbonyl (C=O) groups is 1. The van der Waals surface area contributed by atoms with Crippen molar-refractivity contribution in [2.75, 3.05) is 19.7 Å². The van der Waals surface area contributed by atoms with Crippen molar-refractivity contribution < 1.29 is 14.6 Å². The molecular formula is C16H21ClN2O3. The quantitative estimate of drug-likeness (QED) is 0.860. The smallest absolute Gasteiger partial charge is 0.272 e. The molecule has 0 radical (unpaired) electrons. The van der Waals surface area contributed by atoms with E-state index in [1.165, 1.54) is 6.20 Å². The molecule has 1 aromatic rings. The van der Waals surface area contributed by atoms with Gasteiger partial charge in [0.2, 0.25) is 0 Å². The van der Waals surface area contributed by atoms with E-state index in [2.05, 4.69) is 4.98 Å². The lowest BCUT2D eigenvalue weighted by Gasteiger charge is -2.48. The van der Waals surface area contributed by atoms with Gasteiger partial charge in [-0.2, -0.15) is 0 Å². The van der Waals surface area contributed by atoms with Gasteiger partial charge in [0.15, 0.2) is 0 Å². The summed E-state index contributed by atoms with van der Waals surface area (Å²) in [5, 5.41) is 10.8. The molecule has 22 heavy (non-hydrogen) atoms. The lowest BCUT2D eigenvalue weighted by Crippen LogP contribution is -2.54. The molecule has 2 aliphatic heterocycles. The third kappa shape index (κ3) is 3.26. The van der Waals surface area contributed by atoms with Crippen LogP contribution >= 0.6 is 11.6 Å². The number of likely N-dealkylation sites (tertiary alicyclic amines) is 1. The molecule has 2 aliphatic rings. The first kappa shape index (κ1) is 15.7. The Morgan fingerprint density at radius 3 is 2.68 bits per heavy atom. The molecule has 0 aliphatic carbocycles. The first-order valence-electron chi connectivity index (χ1n) is 7.66. The lowest BCUT2D eigenvalue weighted by molar-refractivity contribution is -0.170. The highest BCUT2D eigenvalue weighted by Gasteiger charge is 2.45. The summed E-state index contributed by atoms with van der Waals surface area (Å²) in [6.07, 6.45) is 4.31. The van der Waals surface area contributed by atoms with Gasteiger partial charge in [-0.15, -0.1) is 0 Å². The number of rotatable bonds is 1. The molecule has 1 spiro atoms. The van der Waals surface area contributed by atoms with Gasteiger partial charge in [0.1, 0.15) is 5.69 Å². The van der Waals surface area contributed by atoms with Crippen LogP contribution < -0.4 is 0 Å². The van der Waals surface area contributed by atoms with E-state index in [0.29, 0.717) is 43.3 Å². The van der Waals surface area contributed by atoms with Gasteiger partial charge in [-0.3, -0.25) is 4.79 Å². The van der Waals surface area contributed by atoms with Crippen LogP contribution in [0.4, 0.5) is 0 Å². The summed E-state index contributed by atoms with van der Waals surface area (Å²) in [6, 6.07) is 3.33. The number of aromatic nitrogens is 1. The first-order valence-corrected chi connectivity index (χ1v) is 8.04. The molecule has 3 heterocycles. The van der Waals surface area contributed by atoms with Crippen LogP contribution in [0.2, 0.25) is 5.02 Å². The summed E-state index contributed by atoms with van der Waals surface area (Å²) in [6.45, 7) is 3.70. The highest BCUT2D eigenvalue weighted by Crippen LogP contribution is 2.39. The number of hydrogen-bond donors (Lipinski definition) is 1. The van der Waals surface area contributed by atoms with E-state index in [9.17, 15) is 9.90 Å². The molecule has 120 valence electrons. The minimum Gasteiger partial charge on any atom is -0.390 e. The largest absolute Gasteiger partial charge is 0.390 e. The molecule has 2 fully saturated rings. The molecular weight excluding hydrogens is 304 g/mol. The molecule has 1 atom stereocenters. The van der Waals surface area contributed by atoms with Gasteiger partial charge in [-0.25, -0.2) is 4.98 Å².